The quantitative estimate of drug-likeness (QED) is 0.566. The van der Waals surface area contributed by atoms with E-state index in [1.54, 1.807) is 18.2 Å². The smallest absolute Gasteiger partial charge is 0.248 e. The van der Waals surface area contributed by atoms with E-state index in [0.29, 0.717) is 17.9 Å². The minimum atomic E-state index is -0.426. The Morgan fingerprint density at radius 1 is 1.33 bits per heavy atom. The highest BCUT2D eigenvalue weighted by Crippen LogP contribution is 2.13. The van der Waals surface area contributed by atoms with Crippen molar-refractivity contribution in [2.45, 2.75) is 32.6 Å². The number of carbonyl (C=O) groups is 1. The number of rotatable bonds is 8. The summed E-state index contributed by atoms with van der Waals surface area (Å²) >= 11 is 0. The number of benzene rings is 1. The van der Waals surface area contributed by atoms with E-state index in [-0.39, 0.29) is 0 Å². The van der Waals surface area contributed by atoms with Crippen LogP contribution in [0.4, 0.5) is 0 Å². The van der Waals surface area contributed by atoms with Crippen LogP contribution in [-0.2, 0) is 0 Å². The molecular formula is C15H21NO2. The highest BCUT2D eigenvalue weighted by atomic mass is 16.5. The lowest BCUT2D eigenvalue weighted by Crippen LogP contribution is -2.10. The molecule has 0 bridgehead atoms. The molecular weight excluding hydrogens is 226 g/mol. The second-order valence-corrected chi connectivity index (χ2v) is 4.12. The zero-order valence-electron chi connectivity index (χ0n) is 10.9. The molecule has 18 heavy (non-hydrogen) atoms. The molecule has 1 aromatic rings. The normalized spacial score (nSPS) is 10.7. The third kappa shape index (κ3) is 5.53. The topological polar surface area (TPSA) is 52.3 Å². The van der Waals surface area contributed by atoms with Crippen LogP contribution < -0.4 is 10.5 Å². The fourth-order valence-corrected chi connectivity index (χ4v) is 1.58. The summed E-state index contributed by atoms with van der Waals surface area (Å²) in [5.74, 6) is 0.278. The van der Waals surface area contributed by atoms with Gasteiger partial charge in [0.05, 0.1) is 6.61 Å². The van der Waals surface area contributed by atoms with Crippen molar-refractivity contribution >= 4 is 5.91 Å². The monoisotopic (exact) mass is 247 g/mol. The van der Waals surface area contributed by atoms with Crippen LogP contribution in [-0.4, -0.2) is 12.5 Å². The van der Waals surface area contributed by atoms with Crippen LogP contribution in [0.25, 0.3) is 0 Å². The molecule has 98 valence electrons. The lowest BCUT2D eigenvalue weighted by atomic mass is 10.2. The average Bonchev–Trinajstić information content (AvgIpc) is 2.38. The van der Waals surface area contributed by atoms with Crippen molar-refractivity contribution in [3.05, 3.63) is 42.0 Å². The Bertz CT molecular complexity index is 399. The first-order valence-electron chi connectivity index (χ1n) is 6.41. The van der Waals surface area contributed by atoms with Gasteiger partial charge in [-0.3, -0.25) is 4.79 Å². The number of allylic oxidation sites excluding steroid dienone is 2. The van der Waals surface area contributed by atoms with Crippen LogP contribution in [0.5, 0.6) is 5.75 Å². The Kier molecular flexibility index (Phi) is 6.62. The van der Waals surface area contributed by atoms with Crippen molar-refractivity contribution in [3.63, 3.8) is 0 Å². The fraction of sp³-hybridized carbons (Fsp3) is 0.400. The van der Waals surface area contributed by atoms with Crippen LogP contribution >= 0.6 is 0 Å². The second kappa shape index (κ2) is 8.34. The molecule has 0 aliphatic heterocycles. The maximum Gasteiger partial charge on any atom is 0.248 e. The molecule has 3 heteroatoms. The molecule has 0 aliphatic carbocycles. The van der Waals surface area contributed by atoms with E-state index in [0.717, 1.165) is 25.7 Å². The van der Waals surface area contributed by atoms with Crippen molar-refractivity contribution in [2.24, 2.45) is 5.73 Å². The van der Waals surface area contributed by atoms with Gasteiger partial charge in [0.1, 0.15) is 5.75 Å². The molecule has 0 radical (unpaired) electrons. The Labute approximate surface area is 109 Å². The van der Waals surface area contributed by atoms with Gasteiger partial charge in [-0.05, 0) is 43.9 Å². The maximum atomic E-state index is 11.0. The summed E-state index contributed by atoms with van der Waals surface area (Å²) in [6, 6.07) is 6.98. The van der Waals surface area contributed by atoms with Crippen LogP contribution in [0, 0.1) is 0 Å². The number of nitrogens with two attached hydrogens (primary N) is 1. The SMILES string of the molecule is CCC=CCCCCOc1cccc(C(N)=O)c1. The van der Waals surface area contributed by atoms with Crippen molar-refractivity contribution < 1.29 is 9.53 Å². The first-order valence-corrected chi connectivity index (χ1v) is 6.41. The van der Waals surface area contributed by atoms with Gasteiger partial charge in [-0.25, -0.2) is 0 Å². The van der Waals surface area contributed by atoms with Gasteiger partial charge >= 0.3 is 0 Å². The molecule has 0 fully saturated rings. The number of carbonyl (C=O) groups excluding carboxylic acids is 1. The van der Waals surface area contributed by atoms with Gasteiger partial charge in [-0.2, -0.15) is 0 Å². The van der Waals surface area contributed by atoms with E-state index < -0.39 is 5.91 Å². The number of amides is 1. The van der Waals surface area contributed by atoms with Gasteiger partial charge in [-0.15, -0.1) is 0 Å². The maximum absolute atomic E-state index is 11.0. The third-order valence-corrected chi connectivity index (χ3v) is 2.55. The Balaban J connectivity index is 2.25. The first-order chi connectivity index (χ1) is 8.74. The molecule has 0 saturated carbocycles. The van der Waals surface area contributed by atoms with Gasteiger partial charge in [-0.1, -0.05) is 25.1 Å². The van der Waals surface area contributed by atoms with E-state index >= 15 is 0 Å². The molecule has 1 rings (SSSR count). The van der Waals surface area contributed by atoms with E-state index in [2.05, 4.69) is 19.1 Å². The fourth-order valence-electron chi connectivity index (χ4n) is 1.58. The van der Waals surface area contributed by atoms with E-state index in [1.165, 1.54) is 0 Å². The van der Waals surface area contributed by atoms with Gasteiger partial charge in [0.2, 0.25) is 5.91 Å². The van der Waals surface area contributed by atoms with Crippen LogP contribution in [0.2, 0.25) is 0 Å². The van der Waals surface area contributed by atoms with Gasteiger partial charge in [0, 0.05) is 5.56 Å². The Morgan fingerprint density at radius 2 is 2.17 bits per heavy atom. The second-order valence-electron chi connectivity index (χ2n) is 4.12. The molecule has 2 N–H and O–H groups in total. The molecule has 0 unspecified atom stereocenters. The number of hydrogen-bond acceptors (Lipinski definition) is 2. The van der Waals surface area contributed by atoms with Gasteiger partial charge < -0.3 is 10.5 Å². The molecule has 0 spiro atoms. The summed E-state index contributed by atoms with van der Waals surface area (Å²) in [4.78, 5) is 11.0. The average molecular weight is 247 g/mol. The third-order valence-electron chi connectivity index (χ3n) is 2.55. The zero-order valence-corrected chi connectivity index (χ0v) is 10.9. The molecule has 1 aromatic carbocycles. The van der Waals surface area contributed by atoms with Crippen LogP contribution in [0.3, 0.4) is 0 Å². The van der Waals surface area contributed by atoms with Gasteiger partial charge in [0.15, 0.2) is 0 Å². The predicted molar refractivity (Wildman–Crippen MR) is 73.7 cm³/mol. The molecule has 0 atom stereocenters. The van der Waals surface area contributed by atoms with Crippen LogP contribution in [0.1, 0.15) is 43.0 Å². The number of unbranched alkanes of at least 4 members (excludes halogenated alkanes) is 2. The lowest BCUT2D eigenvalue weighted by molar-refractivity contribution is 0.1000. The summed E-state index contributed by atoms with van der Waals surface area (Å²) in [7, 11) is 0. The van der Waals surface area contributed by atoms with Crippen molar-refractivity contribution in [1.82, 2.24) is 0 Å². The summed E-state index contributed by atoms with van der Waals surface area (Å²) in [5.41, 5.74) is 5.69. The largest absolute Gasteiger partial charge is 0.494 e. The molecule has 0 heterocycles. The van der Waals surface area contributed by atoms with Crippen molar-refractivity contribution in [2.75, 3.05) is 6.61 Å². The molecule has 0 aliphatic rings. The summed E-state index contributed by atoms with van der Waals surface area (Å²) in [6.45, 7) is 2.80. The summed E-state index contributed by atoms with van der Waals surface area (Å²) < 4.78 is 5.57. The summed E-state index contributed by atoms with van der Waals surface area (Å²) in [6.07, 6.45) is 8.70. The van der Waals surface area contributed by atoms with Crippen molar-refractivity contribution in [3.8, 4) is 5.75 Å². The Morgan fingerprint density at radius 3 is 2.89 bits per heavy atom. The highest BCUT2D eigenvalue weighted by molar-refractivity contribution is 5.93. The minimum absolute atomic E-state index is 0.426. The minimum Gasteiger partial charge on any atom is -0.494 e. The number of primary amides is 1. The standard InChI is InChI=1S/C15H21NO2/c1-2-3-4-5-6-7-11-18-14-10-8-9-13(12-14)15(16)17/h3-4,8-10,12H,2,5-7,11H2,1H3,(H2,16,17). The van der Waals surface area contributed by atoms with Crippen molar-refractivity contribution in [1.29, 1.82) is 0 Å². The number of ether oxygens (including phenoxy) is 1. The lowest BCUT2D eigenvalue weighted by Gasteiger charge is -2.06. The van der Waals surface area contributed by atoms with Crippen LogP contribution in [0.15, 0.2) is 36.4 Å². The molecule has 0 aromatic heterocycles. The van der Waals surface area contributed by atoms with E-state index in [9.17, 15) is 4.79 Å². The number of hydrogen-bond donors (Lipinski definition) is 1. The first kappa shape index (κ1) is 14.3. The highest BCUT2D eigenvalue weighted by Gasteiger charge is 2.01. The van der Waals surface area contributed by atoms with E-state index in [1.807, 2.05) is 6.07 Å². The zero-order chi connectivity index (χ0) is 13.2. The molecule has 1 amide bonds. The Hall–Kier alpha value is -1.77. The van der Waals surface area contributed by atoms with Gasteiger partial charge in [0.25, 0.3) is 0 Å². The summed E-state index contributed by atoms with van der Waals surface area (Å²) in [5, 5.41) is 0. The molecule has 3 nitrogen and oxygen atoms in total. The van der Waals surface area contributed by atoms with E-state index in [4.69, 9.17) is 10.5 Å². The molecule has 0 saturated heterocycles. The predicted octanol–water partition coefficient (Wildman–Crippen LogP) is 3.30.